The third-order valence-electron chi connectivity index (χ3n) is 14.0. The lowest BCUT2D eigenvalue weighted by molar-refractivity contribution is 0.0415. The number of esters is 4. The molecule has 1 aromatic carbocycles. The predicted octanol–water partition coefficient (Wildman–Crippen LogP) is 19.6. The summed E-state index contributed by atoms with van der Waals surface area (Å²) in [6.45, 7) is 9.66. The highest BCUT2D eigenvalue weighted by Gasteiger charge is 2.33. The summed E-state index contributed by atoms with van der Waals surface area (Å²) in [5.41, 5.74) is -0.702. The molecule has 0 saturated heterocycles. The number of ether oxygens (including phenoxy) is 4. The molecule has 0 heterocycles. The molecule has 0 unspecified atom stereocenters. The summed E-state index contributed by atoms with van der Waals surface area (Å²) in [7, 11) is 0. The molecule has 0 spiro atoms. The Morgan fingerprint density at radius 3 is 0.586 bits per heavy atom. The van der Waals surface area contributed by atoms with Gasteiger partial charge in [0.2, 0.25) is 0 Å². The average molecular weight is 984 g/mol. The van der Waals surface area contributed by atoms with Gasteiger partial charge in [0.1, 0.15) is 0 Å². The molecule has 8 nitrogen and oxygen atoms in total. The second kappa shape index (κ2) is 49.7. The van der Waals surface area contributed by atoms with E-state index in [1.54, 1.807) is 0 Å². The Kier molecular flexibility index (Phi) is 46.2. The van der Waals surface area contributed by atoms with Crippen LogP contribution >= 0.6 is 0 Å². The van der Waals surface area contributed by atoms with Crippen molar-refractivity contribution in [2.24, 2.45) is 0 Å². The van der Waals surface area contributed by atoms with Crippen LogP contribution in [0.1, 0.15) is 352 Å². The highest BCUT2D eigenvalue weighted by atomic mass is 16.5. The van der Waals surface area contributed by atoms with Gasteiger partial charge in [-0.1, -0.05) is 285 Å². The van der Waals surface area contributed by atoms with Crippen LogP contribution < -0.4 is 0 Å². The molecule has 0 aliphatic heterocycles. The molecular formula is C62H110O8. The Balaban J connectivity index is 3.08. The fourth-order valence-electron chi connectivity index (χ4n) is 9.39. The number of benzene rings is 1. The van der Waals surface area contributed by atoms with Gasteiger partial charge in [0.25, 0.3) is 0 Å². The van der Waals surface area contributed by atoms with Crippen LogP contribution in [0.5, 0.6) is 0 Å². The van der Waals surface area contributed by atoms with E-state index in [-0.39, 0.29) is 48.7 Å². The second-order valence-electron chi connectivity index (χ2n) is 20.6. The number of hydrogen-bond acceptors (Lipinski definition) is 8. The van der Waals surface area contributed by atoms with Gasteiger partial charge in [-0.25, -0.2) is 19.2 Å². The molecular weight excluding hydrogens is 873 g/mol. The molecule has 406 valence electrons. The second-order valence-corrected chi connectivity index (χ2v) is 20.6. The van der Waals surface area contributed by atoms with Crippen molar-refractivity contribution in [1.82, 2.24) is 0 Å². The van der Waals surface area contributed by atoms with Crippen LogP contribution in [0.3, 0.4) is 0 Å². The molecule has 1 aromatic rings. The van der Waals surface area contributed by atoms with Crippen molar-refractivity contribution in [2.45, 2.75) is 310 Å². The smallest absolute Gasteiger partial charge is 0.339 e. The Labute approximate surface area is 431 Å². The quantitative estimate of drug-likeness (QED) is 0.0361. The summed E-state index contributed by atoms with van der Waals surface area (Å²) < 4.78 is 23.2. The van der Waals surface area contributed by atoms with Crippen LogP contribution in [0, 0.1) is 0 Å². The lowest BCUT2D eigenvalue weighted by atomic mass is 9.95. The van der Waals surface area contributed by atoms with E-state index in [9.17, 15) is 19.2 Å². The van der Waals surface area contributed by atoms with E-state index in [4.69, 9.17) is 18.9 Å². The van der Waals surface area contributed by atoms with E-state index < -0.39 is 23.9 Å². The van der Waals surface area contributed by atoms with Crippen LogP contribution in [0.2, 0.25) is 0 Å². The first-order valence-corrected chi connectivity index (χ1v) is 30.3. The molecule has 0 atom stereocenters. The molecule has 0 saturated carbocycles. The molecule has 70 heavy (non-hydrogen) atoms. The molecule has 0 N–H and O–H groups in total. The van der Waals surface area contributed by atoms with Gasteiger partial charge in [-0.3, -0.25) is 0 Å². The van der Waals surface area contributed by atoms with Crippen molar-refractivity contribution >= 4 is 23.9 Å². The molecule has 8 heteroatoms. The molecule has 0 aliphatic carbocycles. The van der Waals surface area contributed by atoms with Crippen LogP contribution in [-0.2, 0) is 18.9 Å². The maximum absolute atomic E-state index is 14.2. The standard InChI is InChI=1S/C62H110O8/c1-5-9-13-17-21-25-29-33-37-41-45-51-67-59(63)55-49-50-56(60(64)68-52-46-42-38-34-30-26-22-18-14-10-6-2)58(62(66)70-54-48-44-40-36-32-28-24-20-16-12-8-4)57(55)61(65)69-53-47-43-39-35-31-27-23-19-15-11-7-3/h49-50H,5-48,51-54H2,1-4H3. The molecule has 0 aliphatic rings. The Hall–Kier alpha value is -2.90. The lowest BCUT2D eigenvalue weighted by Gasteiger charge is -2.17. The van der Waals surface area contributed by atoms with Gasteiger partial charge >= 0.3 is 23.9 Å². The molecule has 0 radical (unpaired) electrons. The zero-order chi connectivity index (χ0) is 50.8. The monoisotopic (exact) mass is 983 g/mol. The SMILES string of the molecule is CCCCCCCCCCCCCOC(=O)c1ccc(C(=O)OCCCCCCCCCCCCC)c(C(=O)OCCCCCCCCCCCCC)c1C(=O)OCCCCCCCCCCCCC. The molecule has 0 fully saturated rings. The lowest BCUT2D eigenvalue weighted by Crippen LogP contribution is -2.24. The van der Waals surface area contributed by atoms with E-state index >= 15 is 0 Å². The summed E-state index contributed by atoms with van der Waals surface area (Å²) in [6.07, 6.45) is 51.3. The van der Waals surface area contributed by atoms with Gasteiger partial charge in [0.15, 0.2) is 0 Å². The zero-order valence-corrected chi connectivity index (χ0v) is 46.4. The summed E-state index contributed by atoms with van der Waals surface area (Å²) in [6, 6.07) is 2.84. The van der Waals surface area contributed by atoms with E-state index in [0.29, 0.717) is 25.7 Å². The third-order valence-corrected chi connectivity index (χ3v) is 14.0. The minimum Gasteiger partial charge on any atom is -0.462 e. The predicted molar refractivity (Wildman–Crippen MR) is 293 cm³/mol. The van der Waals surface area contributed by atoms with Crippen molar-refractivity contribution in [1.29, 1.82) is 0 Å². The van der Waals surface area contributed by atoms with Crippen LogP contribution in [0.15, 0.2) is 12.1 Å². The molecule has 0 aromatic heterocycles. The minimum atomic E-state index is -0.824. The van der Waals surface area contributed by atoms with Gasteiger partial charge < -0.3 is 18.9 Å². The number of carbonyl (C=O) groups is 4. The van der Waals surface area contributed by atoms with Gasteiger partial charge in [0.05, 0.1) is 48.7 Å². The Bertz CT molecular complexity index is 1290. The molecule has 0 amide bonds. The maximum Gasteiger partial charge on any atom is 0.339 e. The maximum atomic E-state index is 14.2. The average Bonchev–Trinajstić information content (AvgIpc) is 3.36. The fourth-order valence-corrected chi connectivity index (χ4v) is 9.39. The fraction of sp³-hybridized carbons (Fsp3) is 0.839. The van der Waals surface area contributed by atoms with Crippen LogP contribution in [0.4, 0.5) is 0 Å². The van der Waals surface area contributed by atoms with Gasteiger partial charge in [-0.15, -0.1) is 0 Å². The van der Waals surface area contributed by atoms with Crippen molar-refractivity contribution in [3.8, 4) is 0 Å². The normalized spacial score (nSPS) is 11.3. The largest absolute Gasteiger partial charge is 0.462 e. The number of unbranched alkanes of at least 4 members (excludes halogenated alkanes) is 40. The van der Waals surface area contributed by atoms with E-state index in [0.717, 1.165) is 77.0 Å². The summed E-state index contributed by atoms with van der Waals surface area (Å²) in [5.74, 6) is -3.08. The Morgan fingerprint density at radius 2 is 0.400 bits per heavy atom. The molecule has 1 rings (SSSR count). The van der Waals surface area contributed by atoms with Crippen molar-refractivity contribution < 1.29 is 38.1 Å². The van der Waals surface area contributed by atoms with Gasteiger partial charge in [0, 0.05) is 0 Å². The van der Waals surface area contributed by atoms with E-state index in [1.807, 2.05) is 0 Å². The van der Waals surface area contributed by atoms with Gasteiger partial charge in [-0.2, -0.15) is 0 Å². The number of rotatable bonds is 52. The van der Waals surface area contributed by atoms with Gasteiger partial charge in [-0.05, 0) is 37.8 Å². The topological polar surface area (TPSA) is 105 Å². The van der Waals surface area contributed by atoms with E-state index in [1.165, 1.54) is 192 Å². The third kappa shape index (κ3) is 36.1. The molecule has 0 bridgehead atoms. The number of carbonyl (C=O) groups excluding carboxylic acids is 4. The van der Waals surface area contributed by atoms with Crippen molar-refractivity contribution in [3.05, 3.63) is 34.4 Å². The first-order valence-electron chi connectivity index (χ1n) is 30.3. The highest BCUT2D eigenvalue weighted by molar-refractivity contribution is 6.15. The first-order chi connectivity index (χ1) is 34.4. The Morgan fingerprint density at radius 1 is 0.243 bits per heavy atom. The zero-order valence-electron chi connectivity index (χ0n) is 46.4. The summed E-state index contributed by atoms with van der Waals surface area (Å²) in [4.78, 5) is 56.1. The van der Waals surface area contributed by atoms with Crippen molar-refractivity contribution in [3.63, 3.8) is 0 Å². The van der Waals surface area contributed by atoms with Crippen LogP contribution in [0.25, 0.3) is 0 Å². The van der Waals surface area contributed by atoms with E-state index in [2.05, 4.69) is 27.7 Å². The number of hydrogen-bond donors (Lipinski definition) is 0. The van der Waals surface area contributed by atoms with Crippen molar-refractivity contribution in [2.75, 3.05) is 26.4 Å². The minimum absolute atomic E-state index is 0.0874. The highest BCUT2D eigenvalue weighted by Crippen LogP contribution is 2.26. The van der Waals surface area contributed by atoms with Crippen LogP contribution in [-0.4, -0.2) is 50.3 Å². The summed E-state index contributed by atoms with van der Waals surface area (Å²) in [5, 5.41) is 0. The first kappa shape index (κ1) is 65.1. The summed E-state index contributed by atoms with van der Waals surface area (Å²) >= 11 is 0.